The molecule has 0 saturated heterocycles. The lowest BCUT2D eigenvalue weighted by Gasteiger charge is -2.23. The third-order valence-electron chi connectivity index (χ3n) is 5.35. The number of fused-ring (bicyclic) bond motifs is 1. The summed E-state index contributed by atoms with van der Waals surface area (Å²) in [6, 6.07) is 13.9. The molecule has 0 saturated carbocycles. The van der Waals surface area contributed by atoms with Crippen molar-refractivity contribution in [3.8, 4) is 11.3 Å². The molecule has 5 heteroatoms. The van der Waals surface area contributed by atoms with E-state index in [2.05, 4.69) is 12.1 Å². The van der Waals surface area contributed by atoms with Crippen LogP contribution in [0.5, 0.6) is 0 Å². The second-order valence-electron chi connectivity index (χ2n) is 7.15. The molecule has 140 valence electrons. The summed E-state index contributed by atoms with van der Waals surface area (Å²) in [5.74, 6) is -0.990. The molecule has 3 nitrogen and oxygen atoms in total. The monoisotopic (exact) mass is 367 g/mol. The van der Waals surface area contributed by atoms with E-state index in [-0.39, 0.29) is 5.92 Å². The maximum atomic E-state index is 13.8. The highest BCUT2D eigenvalue weighted by molar-refractivity contribution is 5.66. The first-order valence-electron chi connectivity index (χ1n) is 9.45. The molecule has 2 aromatic carbocycles. The SMILES string of the molecule is NCC1CCCc2c1c(-c1cc(F)cc(F)c1)nn2CCc1ccccc1. The van der Waals surface area contributed by atoms with Crippen LogP contribution in [0.2, 0.25) is 0 Å². The molecular weight excluding hydrogens is 344 g/mol. The Bertz CT molecular complexity index is 914. The summed E-state index contributed by atoms with van der Waals surface area (Å²) in [5.41, 5.74) is 10.6. The van der Waals surface area contributed by atoms with Crippen LogP contribution >= 0.6 is 0 Å². The first-order chi connectivity index (χ1) is 13.2. The van der Waals surface area contributed by atoms with Gasteiger partial charge in [0, 0.05) is 35.3 Å². The van der Waals surface area contributed by atoms with E-state index in [4.69, 9.17) is 10.8 Å². The number of hydrogen-bond acceptors (Lipinski definition) is 2. The van der Waals surface area contributed by atoms with Gasteiger partial charge in [0.2, 0.25) is 0 Å². The zero-order valence-corrected chi connectivity index (χ0v) is 15.2. The number of halogens is 2. The number of aryl methyl sites for hydroxylation is 2. The van der Waals surface area contributed by atoms with Gasteiger partial charge in [0.05, 0.1) is 5.69 Å². The van der Waals surface area contributed by atoms with Gasteiger partial charge in [0.1, 0.15) is 11.6 Å². The van der Waals surface area contributed by atoms with Gasteiger partial charge in [-0.15, -0.1) is 0 Å². The van der Waals surface area contributed by atoms with Gasteiger partial charge in [-0.3, -0.25) is 4.68 Å². The highest BCUT2D eigenvalue weighted by atomic mass is 19.1. The minimum atomic E-state index is -0.585. The first-order valence-corrected chi connectivity index (χ1v) is 9.45. The van der Waals surface area contributed by atoms with Crippen LogP contribution in [0.1, 0.15) is 35.6 Å². The molecule has 0 aliphatic heterocycles. The summed E-state index contributed by atoms with van der Waals surface area (Å²) < 4.78 is 29.6. The largest absolute Gasteiger partial charge is 0.330 e. The maximum absolute atomic E-state index is 13.8. The van der Waals surface area contributed by atoms with Gasteiger partial charge in [0.25, 0.3) is 0 Å². The molecule has 0 radical (unpaired) electrons. The zero-order chi connectivity index (χ0) is 18.8. The Morgan fingerprint density at radius 1 is 1.07 bits per heavy atom. The maximum Gasteiger partial charge on any atom is 0.126 e. The molecule has 27 heavy (non-hydrogen) atoms. The highest BCUT2D eigenvalue weighted by Gasteiger charge is 2.28. The second-order valence-corrected chi connectivity index (χ2v) is 7.15. The number of benzene rings is 2. The van der Waals surface area contributed by atoms with Crippen LogP contribution in [-0.4, -0.2) is 16.3 Å². The zero-order valence-electron chi connectivity index (χ0n) is 15.2. The number of rotatable bonds is 5. The molecule has 1 atom stereocenters. The normalized spacial score (nSPS) is 16.3. The molecule has 1 aliphatic rings. The molecule has 1 unspecified atom stereocenters. The molecule has 0 bridgehead atoms. The Morgan fingerprint density at radius 2 is 1.81 bits per heavy atom. The number of aromatic nitrogens is 2. The second kappa shape index (κ2) is 7.61. The van der Waals surface area contributed by atoms with E-state index in [9.17, 15) is 8.78 Å². The number of nitrogens with two attached hydrogens (primary N) is 1. The summed E-state index contributed by atoms with van der Waals surface area (Å²) in [6.07, 6.45) is 3.83. The molecule has 2 N–H and O–H groups in total. The van der Waals surface area contributed by atoms with Crippen LogP contribution in [0.15, 0.2) is 48.5 Å². The summed E-state index contributed by atoms with van der Waals surface area (Å²) in [6.45, 7) is 1.25. The Labute approximate surface area is 157 Å². The summed E-state index contributed by atoms with van der Waals surface area (Å²) >= 11 is 0. The highest BCUT2D eigenvalue weighted by Crippen LogP contribution is 2.38. The van der Waals surface area contributed by atoms with Gasteiger partial charge in [-0.2, -0.15) is 5.10 Å². The van der Waals surface area contributed by atoms with Gasteiger partial charge < -0.3 is 5.73 Å². The Balaban J connectivity index is 1.75. The standard InChI is InChI=1S/C22H23F2N3/c23-18-11-17(12-19(24)13-18)22-21-16(14-25)7-4-8-20(21)27(26-22)10-9-15-5-2-1-3-6-15/h1-3,5-6,11-13,16H,4,7-10,14,25H2. The third-order valence-corrected chi connectivity index (χ3v) is 5.35. The predicted molar refractivity (Wildman–Crippen MR) is 102 cm³/mol. The van der Waals surface area contributed by atoms with Gasteiger partial charge in [-0.25, -0.2) is 8.78 Å². The van der Waals surface area contributed by atoms with E-state index in [0.29, 0.717) is 17.8 Å². The minimum Gasteiger partial charge on any atom is -0.330 e. The fourth-order valence-electron chi connectivity index (χ4n) is 4.07. The lowest BCUT2D eigenvalue weighted by atomic mass is 9.84. The average molecular weight is 367 g/mol. The van der Waals surface area contributed by atoms with Crippen molar-refractivity contribution in [2.75, 3.05) is 6.54 Å². The van der Waals surface area contributed by atoms with Crippen molar-refractivity contribution in [2.24, 2.45) is 5.73 Å². The van der Waals surface area contributed by atoms with Crippen LogP contribution in [0.25, 0.3) is 11.3 Å². The first kappa shape index (κ1) is 17.9. The van der Waals surface area contributed by atoms with E-state index in [1.807, 2.05) is 22.9 Å². The quantitative estimate of drug-likeness (QED) is 0.724. The predicted octanol–water partition coefficient (Wildman–Crippen LogP) is 4.45. The van der Waals surface area contributed by atoms with Gasteiger partial charge in [-0.1, -0.05) is 30.3 Å². The number of hydrogen-bond donors (Lipinski definition) is 1. The van der Waals surface area contributed by atoms with E-state index in [0.717, 1.165) is 49.6 Å². The average Bonchev–Trinajstić information content (AvgIpc) is 3.05. The van der Waals surface area contributed by atoms with Crippen molar-refractivity contribution >= 4 is 0 Å². The van der Waals surface area contributed by atoms with E-state index < -0.39 is 11.6 Å². The van der Waals surface area contributed by atoms with E-state index in [1.165, 1.54) is 17.7 Å². The fourth-order valence-corrected chi connectivity index (χ4v) is 4.07. The van der Waals surface area contributed by atoms with Gasteiger partial charge in [-0.05, 0) is 49.9 Å². The summed E-state index contributed by atoms with van der Waals surface area (Å²) in [7, 11) is 0. The molecular formula is C22H23F2N3. The van der Waals surface area contributed by atoms with Crippen LogP contribution in [-0.2, 0) is 19.4 Å². The fraction of sp³-hybridized carbons (Fsp3) is 0.318. The van der Waals surface area contributed by atoms with Gasteiger partial charge >= 0.3 is 0 Å². The Hall–Kier alpha value is -2.53. The van der Waals surface area contributed by atoms with E-state index in [1.54, 1.807) is 0 Å². The minimum absolute atomic E-state index is 0.181. The van der Waals surface area contributed by atoms with Crippen molar-refractivity contribution in [3.63, 3.8) is 0 Å². The molecule has 4 rings (SSSR count). The van der Waals surface area contributed by atoms with Crippen LogP contribution in [0.4, 0.5) is 8.78 Å². The van der Waals surface area contributed by atoms with Crippen molar-refractivity contribution in [3.05, 3.63) is 77.0 Å². The van der Waals surface area contributed by atoms with Crippen molar-refractivity contribution in [2.45, 2.75) is 38.1 Å². The Morgan fingerprint density at radius 3 is 2.52 bits per heavy atom. The number of nitrogens with zero attached hydrogens (tertiary/aromatic N) is 2. The van der Waals surface area contributed by atoms with Crippen molar-refractivity contribution < 1.29 is 8.78 Å². The molecule has 1 heterocycles. The third kappa shape index (κ3) is 3.65. The molecule has 3 aromatic rings. The summed E-state index contributed by atoms with van der Waals surface area (Å²) in [4.78, 5) is 0. The summed E-state index contributed by atoms with van der Waals surface area (Å²) in [5, 5.41) is 4.79. The Kier molecular flexibility index (Phi) is 5.03. The molecule has 0 spiro atoms. The van der Waals surface area contributed by atoms with Gasteiger partial charge in [0.15, 0.2) is 0 Å². The molecule has 0 fully saturated rings. The van der Waals surface area contributed by atoms with Crippen LogP contribution in [0, 0.1) is 11.6 Å². The lowest BCUT2D eigenvalue weighted by Crippen LogP contribution is -2.19. The van der Waals surface area contributed by atoms with Crippen LogP contribution in [0.3, 0.4) is 0 Å². The molecule has 1 aromatic heterocycles. The topological polar surface area (TPSA) is 43.8 Å². The van der Waals surface area contributed by atoms with Crippen molar-refractivity contribution in [1.29, 1.82) is 0 Å². The van der Waals surface area contributed by atoms with E-state index >= 15 is 0 Å². The molecule has 1 aliphatic carbocycles. The van der Waals surface area contributed by atoms with Crippen molar-refractivity contribution in [1.82, 2.24) is 9.78 Å². The lowest BCUT2D eigenvalue weighted by molar-refractivity contribution is 0.517. The smallest absolute Gasteiger partial charge is 0.126 e. The molecule has 0 amide bonds. The van der Waals surface area contributed by atoms with Crippen LogP contribution < -0.4 is 5.73 Å².